The van der Waals surface area contributed by atoms with Gasteiger partial charge in [-0.1, -0.05) is 29.8 Å². The Bertz CT molecular complexity index is 779. The molecule has 2 aromatic rings. The van der Waals surface area contributed by atoms with Crippen LogP contribution in [-0.4, -0.2) is 55.1 Å². The second kappa shape index (κ2) is 8.28. The standard InChI is InChI=1S/C22H28N2O3/c1-17-4-2-5-18(12-17)19-6-3-7-24(14-19)22(25)20-13-21(27-16-20)15-23-8-10-26-11-9-23/h2,4-5,12-13,16,19H,3,6-11,14-15H2,1H3. The van der Waals surface area contributed by atoms with Gasteiger partial charge >= 0.3 is 0 Å². The molecule has 0 aliphatic carbocycles. The molecule has 2 aliphatic heterocycles. The van der Waals surface area contributed by atoms with E-state index in [1.807, 2.05) is 11.0 Å². The lowest BCUT2D eigenvalue weighted by atomic mass is 9.89. The van der Waals surface area contributed by atoms with Gasteiger partial charge in [0.05, 0.1) is 25.3 Å². The number of hydrogen-bond acceptors (Lipinski definition) is 4. The lowest BCUT2D eigenvalue weighted by Crippen LogP contribution is -2.39. The van der Waals surface area contributed by atoms with Crippen LogP contribution in [0.1, 0.15) is 46.0 Å². The van der Waals surface area contributed by atoms with Crippen LogP contribution in [0.2, 0.25) is 0 Å². The van der Waals surface area contributed by atoms with Gasteiger partial charge in [0.1, 0.15) is 12.0 Å². The summed E-state index contributed by atoms with van der Waals surface area (Å²) in [5.74, 6) is 1.36. The Hall–Kier alpha value is -2.11. The van der Waals surface area contributed by atoms with E-state index in [0.29, 0.717) is 11.5 Å². The van der Waals surface area contributed by atoms with E-state index in [2.05, 4.69) is 36.1 Å². The average Bonchev–Trinajstić information content (AvgIpc) is 3.17. The van der Waals surface area contributed by atoms with Gasteiger partial charge in [-0.15, -0.1) is 0 Å². The van der Waals surface area contributed by atoms with Gasteiger partial charge in [-0.05, 0) is 31.4 Å². The van der Waals surface area contributed by atoms with Gasteiger partial charge in [-0.25, -0.2) is 0 Å². The van der Waals surface area contributed by atoms with Crippen LogP contribution in [0.5, 0.6) is 0 Å². The number of amides is 1. The highest BCUT2D eigenvalue weighted by Crippen LogP contribution is 2.28. The number of piperidine rings is 1. The van der Waals surface area contributed by atoms with Gasteiger partial charge in [0.25, 0.3) is 5.91 Å². The molecule has 27 heavy (non-hydrogen) atoms. The smallest absolute Gasteiger partial charge is 0.257 e. The number of hydrogen-bond donors (Lipinski definition) is 0. The van der Waals surface area contributed by atoms with Crippen molar-refractivity contribution in [3.63, 3.8) is 0 Å². The molecule has 1 unspecified atom stereocenters. The minimum absolute atomic E-state index is 0.0873. The van der Waals surface area contributed by atoms with E-state index < -0.39 is 0 Å². The Morgan fingerprint density at radius 2 is 2.04 bits per heavy atom. The van der Waals surface area contributed by atoms with Crippen LogP contribution in [0.25, 0.3) is 0 Å². The largest absolute Gasteiger partial charge is 0.467 e. The molecule has 5 nitrogen and oxygen atoms in total. The number of morpholine rings is 1. The van der Waals surface area contributed by atoms with Gasteiger partial charge in [0.2, 0.25) is 0 Å². The summed E-state index contributed by atoms with van der Waals surface area (Å²) in [6, 6.07) is 10.6. The highest BCUT2D eigenvalue weighted by Gasteiger charge is 2.26. The Balaban J connectivity index is 1.40. The summed E-state index contributed by atoms with van der Waals surface area (Å²) in [5.41, 5.74) is 3.29. The van der Waals surface area contributed by atoms with E-state index in [9.17, 15) is 4.79 Å². The maximum atomic E-state index is 13.0. The Morgan fingerprint density at radius 1 is 1.19 bits per heavy atom. The molecule has 1 aromatic carbocycles. The lowest BCUT2D eigenvalue weighted by molar-refractivity contribution is 0.0313. The second-order valence-corrected chi connectivity index (χ2v) is 7.69. The average molecular weight is 368 g/mol. The molecule has 4 rings (SSSR count). The highest BCUT2D eigenvalue weighted by molar-refractivity contribution is 5.94. The van der Waals surface area contributed by atoms with Crippen molar-refractivity contribution in [3.8, 4) is 0 Å². The van der Waals surface area contributed by atoms with Crippen molar-refractivity contribution in [2.24, 2.45) is 0 Å². The number of aryl methyl sites for hydroxylation is 1. The van der Waals surface area contributed by atoms with E-state index in [0.717, 1.165) is 64.5 Å². The third-order valence-electron chi connectivity index (χ3n) is 5.61. The molecular formula is C22H28N2O3. The first kappa shape index (κ1) is 18.3. The maximum Gasteiger partial charge on any atom is 0.257 e. The quantitative estimate of drug-likeness (QED) is 0.829. The van der Waals surface area contributed by atoms with Gasteiger partial charge in [0.15, 0.2) is 0 Å². The number of benzene rings is 1. The first-order chi connectivity index (χ1) is 13.2. The van der Waals surface area contributed by atoms with Gasteiger partial charge < -0.3 is 14.1 Å². The Morgan fingerprint density at radius 3 is 2.85 bits per heavy atom. The fourth-order valence-electron chi connectivity index (χ4n) is 4.10. The molecule has 2 saturated heterocycles. The van der Waals surface area contributed by atoms with Gasteiger partial charge in [-0.3, -0.25) is 9.69 Å². The lowest BCUT2D eigenvalue weighted by Gasteiger charge is -2.33. The third kappa shape index (κ3) is 4.42. The van der Waals surface area contributed by atoms with Crippen molar-refractivity contribution in [2.45, 2.75) is 32.2 Å². The molecular weight excluding hydrogens is 340 g/mol. The Kier molecular flexibility index (Phi) is 5.60. The number of ether oxygens (including phenoxy) is 1. The molecule has 5 heteroatoms. The fourth-order valence-corrected chi connectivity index (χ4v) is 4.10. The van der Waals surface area contributed by atoms with Crippen LogP contribution < -0.4 is 0 Å². The summed E-state index contributed by atoms with van der Waals surface area (Å²) in [6.45, 7) is 7.82. The van der Waals surface area contributed by atoms with E-state index >= 15 is 0 Å². The van der Waals surface area contributed by atoms with Crippen LogP contribution >= 0.6 is 0 Å². The highest BCUT2D eigenvalue weighted by atomic mass is 16.5. The van der Waals surface area contributed by atoms with E-state index in [1.54, 1.807) is 6.26 Å². The SMILES string of the molecule is Cc1cccc(C2CCCN(C(=O)c3coc(CN4CCOCC4)c3)C2)c1. The van der Waals surface area contributed by atoms with Crippen molar-refractivity contribution in [3.05, 3.63) is 59.0 Å². The molecule has 0 N–H and O–H groups in total. The number of carbonyl (C=O) groups excluding carboxylic acids is 1. The predicted octanol–water partition coefficient (Wildman–Crippen LogP) is 3.44. The van der Waals surface area contributed by atoms with Crippen LogP contribution in [0.4, 0.5) is 0 Å². The van der Waals surface area contributed by atoms with Crippen LogP contribution in [0.15, 0.2) is 41.0 Å². The van der Waals surface area contributed by atoms with Crippen molar-refractivity contribution in [1.82, 2.24) is 9.80 Å². The summed E-state index contributed by atoms with van der Waals surface area (Å²) in [4.78, 5) is 17.3. The zero-order valence-corrected chi connectivity index (χ0v) is 16.0. The molecule has 1 aromatic heterocycles. The number of furan rings is 1. The molecule has 0 spiro atoms. The predicted molar refractivity (Wildman–Crippen MR) is 104 cm³/mol. The van der Waals surface area contributed by atoms with Crippen molar-refractivity contribution < 1.29 is 13.9 Å². The van der Waals surface area contributed by atoms with Crippen LogP contribution in [-0.2, 0) is 11.3 Å². The van der Waals surface area contributed by atoms with Crippen molar-refractivity contribution in [1.29, 1.82) is 0 Å². The minimum atomic E-state index is 0.0873. The third-order valence-corrected chi connectivity index (χ3v) is 5.61. The van der Waals surface area contributed by atoms with Crippen molar-refractivity contribution in [2.75, 3.05) is 39.4 Å². The van der Waals surface area contributed by atoms with E-state index in [4.69, 9.17) is 9.15 Å². The fraction of sp³-hybridized carbons (Fsp3) is 0.500. The van der Waals surface area contributed by atoms with E-state index in [1.165, 1.54) is 11.1 Å². The minimum Gasteiger partial charge on any atom is -0.467 e. The van der Waals surface area contributed by atoms with Crippen LogP contribution in [0.3, 0.4) is 0 Å². The first-order valence-electron chi connectivity index (χ1n) is 9.92. The molecule has 1 atom stereocenters. The topological polar surface area (TPSA) is 45.9 Å². The molecule has 0 bridgehead atoms. The van der Waals surface area contributed by atoms with Crippen LogP contribution in [0, 0.1) is 6.92 Å². The number of carbonyl (C=O) groups is 1. The second-order valence-electron chi connectivity index (χ2n) is 7.69. The number of likely N-dealkylation sites (tertiary alicyclic amines) is 1. The monoisotopic (exact) mass is 368 g/mol. The van der Waals surface area contributed by atoms with E-state index in [-0.39, 0.29) is 5.91 Å². The maximum absolute atomic E-state index is 13.0. The normalized spacial score (nSPS) is 21.4. The molecule has 2 fully saturated rings. The molecule has 3 heterocycles. The number of rotatable bonds is 4. The van der Waals surface area contributed by atoms with Gasteiger partial charge in [-0.2, -0.15) is 0 Å². The zero-order valence-electron chi connectivity index (χ0n) is 16.0. The summed E-state index contributed by atoms with van der Waals surface area (Å²) in [6.07, 6.45) is 3.80. The number of nitrogens with zero attached hydrogens (tertiary/aromatic N) is 2. The summed E-state index contributed by atoms with van der Waals surface area (Å²) in [7, 11) is 0. The van der Waals surface area contributed by atoms with Gasteiger partial charge in [0, 0.05) is 32.1 Å². The Labute approximate surface area is 160 Å². The molecule has 144 valence electrons. The molecule has 2 aliphatic rings. The first-order valence-corrected chi connectivity index (χ1v) is 9.92. The zero-order chi connectivity index (χ0) is 18.6. The summed E-state index contributed by atoms with van der Waals surface area (Å²) < 4.78 is 11.1. The molecule has 0 radical (unpaired) electrons. The van der Waals surface area contributed by atoms with Crippen molar-refractivity contribution >= 4 is 5.91 Å². The summed E-state index contributed by atoms with van der Waals surface area (Å²) in [5, 5.41) is 0. The summed E-state index contributed by atoms with van der Waals surface area (Å²) >= 11 is 0. The molecule has 1 amide bonds. The molecule has 0 saturated carbocycles.